The van der Waals surface area contributed by atoms with Gasteiger partial charge in [0.1, 0.15) is 11.4 Å². The van der Waals surface area contributed by atoms with E-state index in [2.05, 4.69) is 4.98 Å². The van der Waals surface area contributed by atoms with Crippen molar-refractivity contribution < 1.29 is 21.6 Å². The van der Waals surface area contributed by atoms with E-state index in [4.69, 9.17) is 5.73 Å². The van der Waals surface area contributed by atoms with Gasteiger partial charge in [-0.1, -0.05) is 0 Å². The van der Waals surface area contributed by atoms with E-state index < -0.39 is 27.6 Å². The molecule has 0 saturated heterocycles. The first-order chi connectivity index (χ1) is 7.22. The predicted molar refractivity (Wildman–Crippen MR) is 49.9 cm³/mol. The Morgan fingerprint density at radius 3 is 2.56 bits per heavy atom. The molecule has 1 aromatic rings. The molecule has 0 fully saturated rings. The van der Waals surface area contributed by atoms with Gasteiger partial charge in [-0.05, 0) is 6.07 Å². The Morgan fingerprint density at radius 1 is 1.44 bits per heavy atom. The summed E-state index contributed by atoms with van der Waals surface area (Å²) < 4.78 is 59.6. The zero-order chi connectivity index (χ0) is 12.4. The van der Waals surface area contributed by atoms with Gasteiger partial charge in [-0.25, -0.2) is 13.1 Å². The van der Waals surface area contributed by atoms with Crippen molar-refractivity contribution in [2.45, 2.75) is 11.1 Å². The van der Waals surface area contributed by atoms with Crippen LogP contribution in [0.5, 0.6) is 0 Å². The van der Waals surface area contributed by atoms with Crippen LogP contribution in [-0.4, -0.2) is 26.1 Å². The molecule has 5 nitrogen and oxygen atoms in total. The van der Waals surface area contributed by atoms with Gasteiger partial charge in [0.15, 0.2) is 0 Å². The zero-order valence-electron chi connectivity index (χ0n) is 7.82. The average Bonchev–Trinajstić information content (AvgIpc) is 2.14. The van der Waals surface area contributed by atoms with Crippen molar-refractivity contribution in [3.8, 4) is 0 Å². The lowest BCUT2D eigenvalue weighted by molar-refractivity contribution is -0.121. The van der Waals surface area contributed by atoms with E-state index in [1.807, 2.05) is 0 Å². The summed E-state index contributed by atoms with van der Waals surface area (Å²) >= 11 is 0. The van der Waals surface area contributed by atoms with Gasteiger partial charge in [-0.3, -0.25) is 4.98 Å². The third-order valence-corrected chi connectivity index (χ3v) is 3.01. The fourth-order valence-corrected chi connectivity index (χ4v) is 1.96. The fourth-order valence-electron chi connectivity index (χ4n) is 0.870. The highest BCUT2D eigenvalue weighted by Gasteiger charge is 2.30. The Bertz CT molecular complexity index is 472. The number of aromatic nitrogens is 1. The van der Waals surface area contributed by atoms with Gasteiger partial charge >= 0.3 is 6.18 Å². The van der Waals surface area contributed by atoms with Gasteiger partial charge in [-0.15, -0.1) is 0 Å². The molecule has 9 heteroatoms. The number of alkyl halides is 3. The standard InChI is InChI=1S/C7H8F3N3O2S/c8-7(9,10)4-13-16(14,15)6-3-12-2-1-5(6)11/h1-3,13H,4H2,(H2,11,12). The van der Waals surface area contributed by atoms with Crippen LogP contribution in [0.25, 0.3) is 0 Å². The smallest absolute Gasteiger partial charge is 0.398 e. The Balaban J connectivity index is 2.92. The number of nitrogens with zero attached hydrogens (tertiary/aromatic N) is 1. The van der Waals surface area contributed by atoms with E-state index in [9.17, 15) is 21.6 Å². The van der Waals surface area contributed by atoms with Crippen molar-refractivity contribution in [3.05, 3.63) is 18.5 Å². The minimum absolute atomic E-state index is 0.162. The second-order valence-electron chi connectivity index (χ2n) is 2.85. The summed E-state index contributed by atoms with van der Waals surface area (Å²) in [4.78, 5) is 3.00. The highest BCUT2D eigenvalue weighted by molar-refractivity contribution is 7.89. The summed E-state index contributed by atoms with van der Waals surface area (Å²) in [7, 11) is -4.28. The Kier molecular flexibility index (Phi) is 3.38. The fraction of sp³-hybridized carbons (Fsp3) is 0.286. The van der Waals surface area contributed by atoms with Crippen molar-refractivity contribution in [2.75, 3.05) is 12.3 Å². The van der Waals surface area contributed by atoms with Crippen LogP contribution in [-0.2, 0) is 10.0 Å². The molecular formula is C7H8F3N3O2S. The maximum atomic E-state index is 11.8. The lowest BCUT2D eigenvalue weighted by atomic mass is 10.4. The van der Waals surface area contributed by atoms with E-state index in [-0.39, 0.29) is 5.69 Å². The summed E-state index contributed by atoms with van der Waals surface area (Å²) in [5.41, 5.74) is 5.14. The first-order valence-electron chi connectivity index (χ1n) is 3.98. The molecule has 1 aromatic heterocycles. The van der Waals surface area contributed by atoms with Gasteiger partial charge in [0.05, 0.1) is 5.69 Å². The average molecular weight is 255 g/mol. The number of sulfonamides is 1. The molecule has 1 rings (SSSR count). The minimum Gasteiger partial charge on any atom is -0.398 e. The number of anilines is 1. The number of rotatable bonds is 3. The van der Waals surface area contributed by atoms with Crippen LogP contribution in [0.1, 0.15) is 0 Å². The molecule has 0 amide bonds. The van der Waals surface area contributed by atoms with E-state index in [0.717, 1.165) is 6.20 Å². The summed E-state index contributed by atoms with van der Waals surface area (Å²) in [6.45, 7) is -1.65. The SMILES string of the molecule is Nc1ccncc1S(=O)(=O)NCC(F)(F)F. The molecule has 0 unspecified atom stereocenters. The Morgan fingerprint density at radius 2 is 2.06 bits per heavy atom. The summed E-state index contributed by atoms with van der Waals surface area (Å²) in [6.07, 6.45) is -2.50. The van der Waals surface area contributed by atoms with Crippen LogP contribution in [0.4, 0.5) is 18.9 Å². The van der Waals surface area contributed by atoms with Gasteiger partial charge in [0.25, 0.3) is 0 Å². The number of nitrogens with two attached hydrogens (primary N) is 1. The summed E-state index contributed by atoms with van der Waals surface area (Å²) in [6, 6.07) is 1.18. The molecule has 1 heterocycles. The third-order valence-electron chi connectivity index (χ3n) is 1.57. The van der Waals surface area contributed by atoms with Crippen LogP contribution in [0.3, 0.4) is 0 Å². The number of hydrogen-bond donors (Lipinski definition) is 2. The van der Waals surface area contributed by atoms with Crippen LogP contribution < -0.4 is 10.5 Å². The molecule has 0 aliphatic carbocycles. The Hall–Kier alpha value is -1.35. The highest BCUT2D eigenvalue weighted by atomic mass is 32.2. The first-order valence-corrected chi connectivity index (χ1v) is 5.46. The maximum absolute atomic E-state index is 11.8. The number of nitrogens with one attached hydrogen (secondary N) is 1. The van der Waals surface area contributed by atoms with Crippen LogP contribution in [0.2, 0.25) is 0 Å². The van der Waals surface area contributed by atoms with Crippen molar-refractivity contribution >= 4 is 15.7 Å². The van der Waals surface area contributed by atoms with E-state index in [1.54, 1.807) is 0 Å². The number of halogens is 3. The molecule has 16 heavy (non-hydrogen) atoms. The first kappa shape index (κ1) is 12.7. The van der Waals surface area contributed by atoms with Gasteiger partial charge in [0.2, 0.25) is 10.0 Å². The lowest BCUT2D eigenvalue weighted by Gasteiger charge is -2.10. The minimum atomic E-state index is -4.62. The van der Waals surface area contributed by atoms with Gasteiger partial charge in [0, 0.05) is 12.4 Å². The van der Waals surface area contributed by atoms with Crippen LogP contribution in [0.15, 0.2) is 23.4 Å². The zero-order valence-corrected chi connectivity index (χ0v) is 8.64. The topological polar surface area (TPSA) is 85.1 Å². The van der Waals surface area contributed by atoms with Crippen molar-refractivity contribution in [3.63, 3.8) is 0 Å². The molecule has 3 N–H and O–H groups in total. The summed E-state index contributed by atoms with van der Waals surface area (Å²) in [5.74, 6) is 0. The van der Waals surface area contributed by atoms with Crippen molar-refractivity contribution in [2.24, 2.45) is 0 Å². The lowest BCUT2D eigenvalue weighted by Crippen LogP contribution is -2.34. The molecular weight excluding hydrogens is 247 g/mol. The van der Waals surface area contributed by atoms with Crippen LogP contribution in [0, 0.1) is 0 Å². The van der Waals surface area contributed by atoms with E-state index in [1.165, 1.54) is 17.0 Å². The second kappa shape index (κ2) is 4.26. The molecule has 0 spiro atoms. The van der Waals surface area contributed by atoms with Gasteiger partial charge in [-0.2, -0.15) is 13.2 Å². The quantitative estimate of drug-likeness (QED) is 0.823. The Labute approximate surface area is 89.5 Å². The molecule has 0 atom stereocenters. The highest BCUT2D eigenvalue weighted by Crippen LogP contribution is 2.18. The van der Waals surface area contributed by atoms with E-state index in [0.29, 0.717) is 0 Å². The number of nitrogen functional groups attached to an aromatic ring is 1. The molecule has 0 bridgehead atoms. The molecule has 0 aliphatic rings. The van der Waals surface area contributed by atoms with Crippen molar-refractivity contribution in [1.29, 1.82) is 0 Å². The number of hydrogen-bond acceptors (Lipinski definition) is 4. The monoisotopic (exact) mass is 255 g/mol. The van der Waals surface area contributed by atoms with E-state index >= 15 is 0 Å². The molecule has 0 aliphatic heterocycles. The molecule has 0 radical (unpaired) electrons. The second-order valence-corrected chi connectivity index (χ2v) is 4.59. The molecule has 0 aromatic carbocycles. The van der Waals surface area contributed by atoms with Crippen LogP contribution >= 0.6 is 0 Å². The molecule has 90 valence electrons. The predicted octanol–water partition coefficient (Wildman–Crippen LogP) is 0.504. The van der Waals surface area contributed by atoms with Crippen molar-refractivity contribution in [1.82, 2.24) is 9.71 Å². The third kappa shape index (κ3) is 3.35. The normalized spacial score (nSPS) is 12.7. The summed E-state index contributed by atoms with van der Waals surface area (Å²) in [5, 5.41) is 0. The molecule has 0 saturated carbocycles. The maximum Gasteiger partial charge on any atom is 0.402 e. The largest absolute Gasteiger partial charge is 0.402 e. The number of pyridine rings is 1. The van der Waals surface area contributed by atoms with Gasteiger partial charge < -0.3 is 5.73 Å².